The van der Waals surface area contributed by atoms with Crippen molar-refractivity contribution in [2.24, 2.45) is 5.92 Å². The lowest BCUT2D eigenvalue weighted by Gasteiger charge is -2.34. The molecule has 5 nitrogen and oxygen atoms in total. The maximum absolute atomic E-state index is 13.0. The number of Topliss-reactive ketones (excluding diaryl/α,β-unsaturated/α-hetero) is 1. The molecule has 0 spiro atoms. The van der Waals surface area contributed by atoms with Crippen LogP contribution in [0.25, 0.3) is 0 Å². The summed E-state index contributed by atoms with van der Waals surface area (Å²) in [6, 6.07) is 9.37. The summed E-state index contributed by atoms with van der Waals surface area (Å²) in [4.78, 5) is 39.5. The first-order valence-corrected chi connectivity index (χ1v) is 11.6. The molecule has 0 bridgehead atoms. The third kappa shape index (κ3) is 5.41. The fourth-order valence-corrected chi connectivity index (χ4v) is 5.41. The van der Waals surface area contributed by atoms with Crippen molar-refractivity contribution in [1.82, 2.24) is 4.90 Å². The summed E-state index contributed by atoms with van der Waals surface area (Å²) in [5.74, 6) is -0.977. The predicted molar refractivity (Wildman–Crippen MR) is 114 cm³/mol. The molecule has 1 amide bonds. The standard InChI is InChI=1S/C23H31NO4S/c1-23(2)24(21(26)20(25)18-13-7-4-8-14-18)19(16-29-23)22(27)28-15-9-12-17-10-5-3-6-11-17/h3,5-6,10-11,18-19H,4,7-9,12-16H2,1-2H3/t19-/m0/s1. The number of thioether (sulfide) groups is 1. The van der Waals surface area contributed by atoms with Crippen LogP contribution < -0.4 is 0 Å². The molecule has 1 saturated heterocycles. The van der Waals surface area contributed by atoms with Crippen LogP contribution in [0.3, 0.4) is 0 Å². The minimum absolute atomic E-state index is 0.194. The summed E-state index contributed by atoms with van der Waals surface area (Å²) in [6.07, 6.45) is 6.24. The molecule has 3 rings (SSSR count). The lowest BCUT2D eigenvalue weighted by atomic mass is 9.85. The van der Waals surface area contributed by atoms with Gasteiger partial charge in [-0.1, -0.05) is 49.6 Å². The monoisotopic (exact) mass is 417 g/mol. The maximum Gasteiger partial charge on any atom is 0.329 e. The highest BCUT2D eigenvalue weighted by Crippen LogP contribution is 2.40. The lowest BCUT2D eigenvalue weighted by molar-refractivity contribution is -0.159. The molecule has 0 aromatic heterocycles. The van der Waals surface area contributed by atoms with Gasteiger partial charge in [-0.05, 0) is 45.1 Å². The Balaban J connectivity index is 1.57. The fraction of sp³-hybridized carbons (Fsp3) is 0.609. The average molecular weight is 418 g/mol. The highest BCUT2D eigenvalue weighted by molar-refractivity contribution is 8.00. The van der Waals surface area contributed by atoms with Crippen LogP contribution in [0.2, 0.25) is 0 Å². The Labute approximate surface area is 177 Å². The topological polar surface area (TPSA) is 63.7 Å². The number of nitrogens with zero attached hydrogens (tertiary/aromatic N) is 1. The van der Waals surface area contributed by atoms with Crippen LogP contribution in [-0.2, 0) is 25.5 Å². The number of benzene rings is 1. The van der Waals surface area contributed by atoms with Crippen molar-refractivity contribution in [2.75, 3.05) is 12.4 Å². The zero-order valence-electron chi connectivity index (χ0n) is 17.4. The number of carbonyl (C=O) groups excluding carboxylic acids is 3. The van der Waals surface area contributed by atoms with E-state index in [4.69, 9.17) is 4.74 Å². The molecule has 1 aliphatic heterocycles. The van der Waals surface area contributed by atoms with Crippen LogP contribution in [0, 0.1) is 5.92 Å². The van der Waals surface area contributed by atoms with Crippen molar-refractivity contribution < 1.29 is 19.1 Å². The molecule has 2 fully saturated rings. The highest BCUT2D eigenvalue weighted by atomic mass is 32.2. The number of rotatable bonds is 7. The zero-order valence-corrected chi connectivity index (χ0v) is 18.2. The molecule has 1 atom stereocenters. The molecule has 2 aliphatic rings. The van der Waals surface area contributed by atoms with Gasteiger partial charge in [0.2, 0.25) is 5.78 Å². The van der Waals surface area contributed by atoms with Gasteiger partial charge >= 0.3 is 5.97 Å². The van der Waals surface area contributed by atoms with Crippen molar-refractivity contribution in [3.8, 4) is 0 Å². The number of hydrogen-bond acceptors (Lipinski definition) is 5. The van der Waals surface area contributed by atoms with Crippen LogP contribution in [0.5, 0.6) is 0 Å². The molecule has 1 saturated carbocycles. The van der Waals surface area contributed by atoms with E-state index in [0.717, 1.165) is 44.9 Å². The van der Waals surface area contributed by atoms with E-state index in [1.54, 1.807) is 0 Å². The van der Waals surface area contributed by atoms with Gasteiger partial charge in [0.05, 0.1) is 11.5 Å². The van der Waals surface area contributed by atoms with E-state index in [0.29, 0.717) is 12.4 Å². The Morgan fingerprint density at radius 2 is 1.79 bits per heavy atom. The van der Waals surface area contributed by atoms with Crippen molar-refractivity contribution in [3.63, 3.8) is 0 Å². The van der Waals surface area contributed by atoms with Gasteiger partial charge in [-0.25, -0.2) is 4.79 Å². The molecule has 1 aliphatic carbocycles. The predicted octanol–water partition coefficient (Wildman–Crippen LogP) is 3.99. The second-order valence-corrected chi connectivity index (χ2v) is 10.0. The second-order valence-electron chi connectivity index (χ2n) is 8.40. The second kappa shape index (κ2) is 9.79. The van der Waals surface area contributed by atoms with E-state index in [1.807, 2.05) is 32.0 Å². The third-order valence-corrected chi connectivity index (χ3v) is 7.25. The van der Waals surface area contributed by atoms with Crippen molar-refractivity contribution in [1.29, 1.82) is 0 Å². The molecule has 29 heavy (non-hydrogen) atoms. The van der Waals surface area contributed by atoms with Crippen LogP contribution in [0.15, 0.2) is 30.3 Å². The van der Waals surface area contributed by atoms with E-state index >= 15 is 0 Å². The minimum Gasteiger partial charge on any atom is -0.464 e. The Bertz CT molecular complexity index is 728. The summed E-state index contributed by atoms with van der Waals surface area (Å²) in [6.45, 7) is 4.10. The number of hydrogen-bond donors (Lipinski definition) is 0. The summed E-state index contributed by atoms with van der Waals surface area (Å²) in [7, 11) is 0. The molecule has 0 radical (unpaired) electrons. The first-order valence-electron chi connectivity index (χ1n) is 10.6. The highest BCUT2D eigenvalue weighted by Gasteiger charge is 2.49. The Kier molecular flexibility index (Phi) is 7.38. The number of aryl methyl sites for hydroxylation is 1. The van der Waals surface area contributed by atoms with Crippen LogP contribution >= 0.6 is 11.8 Å². The molecule has 1 aromatic rings. The molecule has 0 N–H and O–H groups in total. The summed E-state index contributed by atoms with van der Waals surface area (Å²) in [5, 5.41) is 0. The van der Waals surface area contributed by atoms with Gasteiger partial charge in [-0.3, -0.25) is 9.59 Å². The SMILES string of the molecule is CC1(C)SC[C@@H](C(=O)OCCCc2ccccc2)N1C(=O)C(=O)C1CCCCC1. The molecule has 1 heterocycles. The summed E-state index contributed by atoms with van der Waals surface area (Å²) >= 11 is 1.52. The molecular weight excluding hydrogens is 386 g/mol. The smallest absolute Gasteiger partial charge is 0.329 e. The molecule has 0 unspecified atom stereocenters. The van der Waals surface area contributed by atoms with Gasteiger partial charge in [0.25, 0.3) is 5.91 Å². The minimum atomic E-state index is -0.688. The van der Waals surface area contributed by atoms with Gasteiger partial charge < -0.3 is 9.64 Å². The first-order chi connectivity index (χ1) is 13.9. The van der Waals surface area contributed by atoms with Crippen LogP contribution in [0.4, 0.5) is 0 Å². The molecule has 6 heteroatoms. The van der Waals surface area contributed by atoms with E-state index in [-0.39, 0.29) is 11.7 Å². The summed E-state index contributed by atoms with van der Waals surface area (Å²) < 4.78 is 5.49. The van der Waals surface area contributed by atoms with E-state index < -0.39 is 22.8 Å². The molecule has 158 valence electrons. The quantitative estimate of drug-likeness (QED) is 0.381. The third-order valence-electron chi connectivity index (χ3n) is 5.86. The Morgan fingerprint density at radius 1 is 1.10 bits per heavy atom. The number of carbonyl (C=O) groups is 3. The number of ketones is 1. The van der Waals surface area contributed by atoms with Gasteiger partial charge in [0, 0.05) is 11.7 Å². The first kappa shape index (κ1) is 21.9. The number of esters is 1. The maximum atomic E-state index is 13.0. The average Bonchev–Trinajstić information content (AvgIpc) is 3.06. The van der Waals surface area contributed by atoms with Gasteiger partial charge in [0.15, 0.2) is 0 Å². The van der Waals surface area contributed by atoms with Gasteiger partial charge in [0.1, 0.15) is 6.04 Å². The largest absolute Gasteiger partial charge is 0.464 e. The van der Waals surface area contributed by atoms with Gasteiger partial charge in [-0.2, -0.15) is 0 Å². The zero-order chi connectivity index (χ0) is 20.9. The molecular formula is C23H31NO4S. The fourth-order valence-electron chi connectivity index (χ4n) is 4.21. The van der Waals surface area contributed by atoms with Crippen molar-refractivity contribution >= 4 is 29.4 Å². The van der Waals surface area contributed by atoms with Crippen molar-refractivity contribution in [2.45, 2.75) is 69.7 Å². The van der Waals surface area contributed by atoms with Crippen LogP contribution in [0.1, 0.15) is 57.9 Å². The Hall–Kier alpha value is -1.82. The van der Waals surface area contributed by atoms with E-state index in [9.17, 15) is 14.4 Å². The summed E-state index contributed by atoms with van der Waals surface area (Å²) in [5.41, 5.74) is 1.20. The normalized spacial score (nSPS) is 21.7. The van der Waals surface area contributed by atoms with E-state index in [2.05, 4.69) is 12.1 Å². The molecule has 1 aromatic carbocycles. The van der Waals surface area contributed by atoms with Gasteiger partial charge in [-0.15, -0.1) is 11.8 Å². The number of amides is 1. The van der Waals surface area contributed by atoms with Crippen molar-refractivity contribution in [3.05, 3.63) is 35.9 Å². The van der Waals surface area contributed by atoms with E-state index in [1.165, 1.54) is 22.2 Å². The number of ether oxygens (including phenoxy) is 1. The Morgan fingerprint density at radius 3 is 2.48 bits per heavy atom. The lowest BCUT2D eigenvalue weighted by Crippen LogP contribution is -2.53. The van der Waals surface area contributed by atoms with Crippen LogP contribution in [-0.4, -0.2) is 45.8 Å².